The molecule has 2 rings (SSSR count). The maximum Gasteiger partial charge on any atom is 0.218 e. The Morgan fingerprint density at radius 1 is 1.57 bits per heavy atom. The lowest BCUT2D eigenvalue weighted by molar-refractivity contribution is 0.125. The van der Waals surface area contributed by atoms with Crippen LogP contribution >= 0.6 is 11.6 Å². The smallest absolute Gasteiger partial charge is 0.218 e. The van der Waals surface area contributed by atoms with Gasteiger partial charge < -0.3 is 4.84 Å². The van der Waals surface area contributed by atoms with E-state index in [-0.39, 0.29) is 0 Å². The zero-order chi connectivity index (χ0) is 9.97. The summed E-state index contributed by atoms with van der Waals surface area (Å²) in [5.74, 6) is 0. The van der Waals surface area contributed by atoms with Gasteiger partial charge in [-0.3, -0.25) is 0 Å². The Balaban J connectivity index is 2.22. The van der Waals surface area contributed by atoms with E-state index in [0.717, 1.165) is 11.3 Å². The second kappa shape index (κ2) is 3.69. The molecule has 0 saturated heterocycles. The molecule has 1 atom stereocenters. The molecule has 0 amide bonds. The van der Waals surface area contributed by atoms with Crippen molar-refractivity contribution < 1.29 is 4.84 Å². The van der Waals surface area contributed by atoms with E-state index in [1.807, 2.05) is 24.3 Å². The Morgan fingerprint density at radius 2 is 2.43 bits per heavy atom. The van der Waals surface area contributed by atoms with Crippen molar-refractivity contribution in [3.63, 3.8) is 0 Å². The van der Waals surface area contributed by atoms with E-state index in [4.69, 9.17) is 21.7 Å². The van der Waals surface area contributed by atoms with E-state index in [1.54, 1.807) is 6.07 Å². The molecule has 1 aromatic rings. The van der Waals surface area contributed by atoms with Gasteiger partial charge in [-0.15, -0.1) is 0 Å². The minimum atomic E-state index is -0.455. The maximum absolute atomic E-state index is 8.61. The topological polar surface area (TPSA) is 45.4 Å². The van der Waals surface area contributed by atoms with Crippen LogP contribution in [0, 0.1) is 11.3 Å². The Morgan fingerprint density at radius 3 is 3.07 bits per heavy atom. The van der Waals surface area contributed by atoms with Gasteiger partial charge >= 0.3 is 0 Å². The fraction of sp³-hybridized carbons (Fsp3) is 0.200. The SMILES string of the molecule is N#CC1CC(c2cccc(Cl)c2)=NO1. The minimum Gasteiger partial charge on any atom is -0.376 e. The zero-order valence-corrected chi connectivity index (χ0v) is 8.03. The van der Waals surface area contributed by atoms with Gasteiger partial charge in [0.2, 0.25) is 6.10 Å². The molecule has 0 fully saturated rings. The molecular formula is C10H7ClN2O. The van der Waals surface area contributed by atoms with Crippen molar-refractivity contribution in [3.8, 4) is 6.07 Å². The van der Waals surface area contributed by atoms with E-state index in [2.05, 4.69) is 5.16 Å². The molecule has 0 spiro atoms. The van der Waals surface area contributed by atoms with E-state index >= 15 is 0 Å². The fourth-order valence-corrected chi connectivity index (χ4v) is 1.48. The Labute approximate surface area is 86.5 Å². The van der Waals surface area contributed by atoms with E-state index in [0.29, 0.717) is 11.4 Å². The average molecular weight is 207 g/mol. The summed E-state index contributed by atoms with van der Waals surface area (Å²) < 4.78 is 0. The molecule has 0 bridgehead atoms. The highest BCUT2D eigenvalue weighted by atomic mass is 35.5. The quantitative estimate of drug-likeness (QED) is 0.708. The Hall–Kier alpha value is -1.53. The van der Waals surface area contributed by atoms with Gasteiger partial charge in [0.05, 0.1) is 5.71 Å². The van der Waals surface area contributed by atoms with Gasteiger partial charge in [0.15, 0.2) is 0 Å². The lowest BCUT2D eigenvalue weighted by atomic mass is 10.1. The Bertz CT molecular complexity index is 422. The molecule has 4 heteroatoms. The standard InChI is InChI=1S/C10H7ClN2O/c11-8-3-1-2-7(4-8)10-5-9(6-12)14-13-10/h1-4,9H,5H2. The first-order valence-corrected chi connectivity index (χ1v) is 4.55. The van der Waals surface area contributed by atoms with Gasteiger partial charge in [0.1, 0.15) is 6.07 Å². The van der Waals surface area contributed by atoms with Crippen molar-refractivity contribution in [3.05, 3.63) is 34.9 Å². The summed E-state index contributed by atoms with van der Waals surface area (Å²) in [6.45, 7) is 0. The zero-order valence-electron chi connectivity index (χ0n) is 7.27. The van der Waals surface area contributed by atoms with Crippen LogP contribution in [0.2, 0.25) is 5.02 Å². The average Bonchev–Trinajstić information content (AvgIpc) is 2.66. The van der Waals surface area contributed by atoms with Crippen molar-refractivity contribution in [2.45, 2.75) is 12.5 Å². The van der Waals surface area contributed by atoms with Gasteiger partial charge in [-0.2, -0.15) is 5.26 Å². The largest absolute Gasteiger partial charge is 0.376 e. The summed E-state index contributed by atoms with van der Waals surface area (Å²) in [7, 11) is 0. The lowest BCUT2D eigenvalue weighted by Gasteiger charge is -1.98. The number of hydrogen-bond donors (Lipinski definition) is 0. The normalized spacial score (nSPS) is 19.7. The monoisotopic (exact) mass is 206 g/mol. The molecular weight excluding hydrogens is 200 g/mol. The molecule has 0 saturated carbocycles. The summed E-state index contributed by atoms with van der Waals surface area (Å²) >= 11 is 5.83. The van der Waals surface area contributed by atoms with Crippen molar-refractivity contribution in [2.75, 3.05) is 0 Å². The number of benzene rings is 1. The predicted molar refractivity (Wildman–Crippen MR) is 53.1 cm³/mol. The highest BCUT2D eigenvalue weighted by molar-refractivity contribution is 6.31. The first kappa shape index (κ1) is 9.04. The molecule has 1 unspecified atom stereocenters. The van der Waals surface area contributed by atoms with E-state index in [9.17, 15) is 0 Å². The first-order valence-electron chi connectivity index (χ1n) is 4.18. The van der Waals surface area contributed by atoms with Gasteiger partial charge in [0.25, 0.3) is 0 Å². The molecule has 0 aliphatic carbocycles. The van der Waals surface area contributed by atoms with Crippen LogP contribution in [0.15, 0.2) is 29.4 Å². The molecule has 0 radical (unpaired) electrons. The van der Waals surface area contributed by atoms with Crippen molar-refractivity contribution in [2.24, 2.45) is 5.16 Å². The molecule has 3 nitrogen and oxygen atoms in total. The third kappa shape index (κ3) is 1.70. The summed E-state index contributed by atoms with van der Waals surface area (Å²) in [4.78, 5) is 4.89. The number of nitriles is 1. The molecule has 0 N–H and O–H groups in total. The van der Waals surface area contributed by atoms with Gasteiger partial charge in [-0.05, 0) is 12.1 Å². The van der Waals surface area contributed by atoms with Crippen LogP contribution in [-0.2, 0) is 4.84 Å². The number of rotatable bonds is 1. The summed E-state index contributed by atoms with van der Waals surface area (Å²) in [6, 6.07) is 9.36. The molecule has 1 aliphatic rings. The highest BCUT2D eigenvalue weighted by Gasteiger charge is 2.21. The second-order valence-electron chi connectivity index (χ2n) is 2.98. The van der Waals surface area contributed by atoms with Gasteiger partial charge in [0, 0.05) is 17.0 Å². The predicted octanol–water partition coefficient (Wildman–Crippen LogP) is 2.36. The van der Waals surface area contributed by atoms with Gasteiger partial charge in [-0.25, -0.2) is 0 Å². The van der Waals surface area contributed by atoms with Crippen LogP contribution < -0.4 is 0 Å². The molecule has 0 aromatic heterocycles. The number of hydrogen-bond acceptors (Lipinski definition) is 3. The molecule has 1 heterocycles. The third-order valence-electron chi connectivity index (χ3n) is 1.97. The van der Waals surface area contributed by atoms with Crippen molar-refractivity contribution in [1.29, 1.82) is 5.26 Å². The van der Waals surface area contributed by atoms with Gasteiger partial charge in [-0.1, -0.05) is 28.9 Å². The van der Waals surface area contributed by atoms with Crippen LogP contribution in [0.25, 0.3) is 0 Å². The summed E-state index contributed by atoms with van der Waals surface area (Å²) in [5.41, 5.74) is 1.69. The van der Waals surface area contributed by atoms with Crippen molar-refractivity contribution in [1.82, 2.24) is 0 Å². The van der Waals surface area contributed by atoms with Crippen LogP contribution in [0.1, 0.15) is 12.0 Å². The minimum absolute atomic E-state index is 0.455. The summed E-state index contributed by atoms with van der Waals surface area (Å²) in [5, 5.41) is 13.1. The van der Waals surface area contributed by atoms with Crippen LogP contribution in [0.3, 0.4) is 0 Å². The highest BCUT2D eigenvalue weighted by Crippen LogP contribution is 2.18. The molecule has 70 valence electrons. The number of oxime groups is 1. The molecule has 1 aromatic carbocycles. The number of halogens is 1. The van der Waals surface area contributed by atoms with E-state index < -0.39 is 6.10 Å². The summed E-state index contributed by atoms with van der Waals surface area (Å²) in [6.07, 6.45) is 0.0700. The van der Waals surface area contributed by atoms with E-state index in [1.165, 1.54) is 0 Å². The fourth-order valence-electron chi connectivity index (χ4n) is 1.29. The first-order chi connectivity index (χ1) is 6.79. The van der Waals surface area contributed by atoms with Crippen LogP contribution in [-0.4, -0.2) is 11.8 Å². The van der Waals surface area contributed by atoms with Crippen molar-refractivity contribution >= 4 is 17.3 Å². The lowest BCUT2D eigenvalue weighted by Crippen LogP contribution is -2.04. The Kier molecular flexibility index (Phi) is 2.38. The third-order valence-corrected chi connectivity index (χ3v) is 2.21. The second-order valence-corrected chi connectivity index (χ2v) is 3.41. The number of nitrogens with zero attached hydrogens (tertiary/aromatic N) is 2. The molecule has 1 aliphatic heterocycles. The maximum atomic E-state index is 8.61. The van der Waals surface area contributed by atoms with Crippen LogP contribution in [0.5, 0.6) is 0 Å². The molecule has 14 heavy (non-hydrogen) atoms. The van der Waals surface area contributed by atoms with Crippen LogP contribution in [0.4, 0.5) is 0 Å².